The number of imide groups is 1. The second-order valence-electron chi connectivity index (χ2n) is 5.74. The Kier molecular flexibility index (Phi) is 5.10. The second-order valence-corrected chi connectivity index (χ2v) is 6.58. The van der Waals surface area contributed by atoms with Gasteiger partial charge < -0.3 is 11.1 Å². The number of amides is 4. The van der Waals surface area contributed by atoms with Crippen LogP contribution in [0.3, 0.4) is 0 Å². The number of hydrogen-bond acceptors (Lipinski definition) is 5. The fraction of sp³-hybridized carbons (Fsp3) is 0.267. The molecule has 0 radical (unpaired) electrons. The van der Waals surface area contributed by atoms with Crippen LogP contribution < -0.4 is 11.1 Å². The average molecular weight is 397 g/mol. The van der Waals surface area contributed by atoms with E-state index in [9.17, 15) is 14.4 Å². The lowest BCUT2D eigenvalue weighted by atomic mass is 10.1. The smallest absolute Gasteiger partial charge is 0.325 e. The number of carbonyl (C=O) groups excluding carboxylic acids is 3. The van der Waals surface area contributed by atoms with Gasteiger partial charge in [0.1, 0.15) is 12.6 Å². The summed E-state index contributed by atoms with van der Waals surface area (Å²) in [6.45, 7) is -0.105. The van der Waals surface area contributed by atoms with Gasteiger partial charge in [0.25, 0.3) is 5.91 Å². The quantitative estimate of drug-likeness (QED) is 0.696. The molecule has 0 saturated carbocycles. The number of nitrogens with two attached hydrogens (primary N) is 1. The van der Waals surface area contributed by atoms with Crippen molar-refractivity contribution in [2.45, 2.75) is 25.6 Å². The van der Waals surface area contributed by atoms with Gasteiger partial charge in [0, 0.05) is 22.7 Å². The zero-order valence-corrected chi connectivity index (χ0v) is 14.9. The summed E-state index contributed by atoms with van der Waals surface area (Å²) in [4.78, 5) is 36.6. The highest BCUT2D eigenvalue weighted by atomic mass is 35.5. The van der Waals surface area contributed by atoms with E-state index >= 15 is 0 Å². The number of nitrogens with one attached hydrogen (secondary N) is 1. The lowest BCUT2D eigenvalue weighted by Crippen LogP contribution is -2.32. The van der Waals surface area contributed by atoms with E-state index in [1.54, 1.807) is 18.2 Å². The molecule has 1 atom stereocenters. The molecule has 0 unspecified atom stereocenters. The third kappa shape index (κ3) is 3.94. The summed E-state index contributed by atoms with van der Waals surface area (Å²) in [6.07, 6.45) is 1.64. The van der Waals surface area contributed by atoms with E-state index in [4.69, 9.17) is 28.9 Å². The molecule has 1 aliphatic heterocycles. The highest BCUT2D eigenvalue weighted by Crippen LogP contribution is 2.23. The molecular weight excluding hydrogens is 383 g/mol. The first-order valence-electron chi connectivity index (χ1n) is 7.56. The number of benzene rings is 1. The van der Waals surface area contributed by atoms with Gasteiger partial charge in [-0.3, -0.25) is 14.5 Å². The molecule has 9 nitrogen and oxygen atoms in total. The maximum Gasteiger partial charge on any atom is 0.325 e. The molecule has 26 heavy (non-hydrogen) atoms. The normalized spacial score (nSPS) is 16.8. The zero-order valence-electron chi connectivity index (χ0n) is 13.4. The lowest BCUT2D eigenvalue weighted by molar-refractivity contribution is -0.127. The molecule has 3 N–H and O–H groups in total. The molecule has 2 aromatic rings. The molecule has 0 bridgehead atoms. The summed E-state index contributed by atoms with van der Waals surface area (Å²) in [5.41, 5.74) is 6.10. The molecule has 1 saturated heterocycles. The van der Waals surface area contributed by atoms with E-state index in [-0.39, 0.29) is 19.5 Å². The molecule has 3 rings (SSSR count). The Labute approximate surface area is 158 Å². The molecule has 136 valence electrons. The van der Waals surface area contributed by atoms with E-state index in [1.807, 2.05) is 0 Å². The van der Waals surface area contributed by atoms with Gasteiger partial charge in [0.2, 0.25) is 5.91 Å². The maximum atomic E-state index is 12.5. The van der Waals surface area contributed by atoms with Crippen molar-refractivity contribution in [3.8, 4) is 0 Å². The second kappa shape index (κ2) is 7.30. The molecular formula is C15H14Cl2N6O3. The van der Waals surface area contributed by atoms with Gasteiger partial charge in [-0.05, 0) is 23.8 Å². The summed E-state index contributed by atoms with van der Waals surface area (Å²) in [7, 11) is 0. The molecule has 0 aliphatic carbocycles. The van der Waals surface area contributed by atoms with Crippen molar-refractivity contribution in [2.75, 3.05) is 0 Å². The monoisotopic (exact) mass is 396 g/mol. The Morgan fingerprint density at radius 3 is 2.81 bits per heavy atom. The molecule has 1 aromatic carbocycles. The third-order valence-corrected chi connectivity index (χ3v) is 4.36. The van der Waals surface area contributed by atoms with E-state index in [0.29, 0.717) is 21.3 Å². The number of rotatable bonds is 6. The number of carbonyl (C=O) groups is 3. The van der Waals surface area contributed by atoms with Crippen molar-refractivity contribution in [1.29, 1.82) is 0 Å². The van der Waals surface area contributed by atoms with Crippen molar-refractivity contribution in [2.24, 2.45) is 5.73 Å². The Morgan fingerprint density at radius 2 is 2.08 bits per heavy atom. The third-order valence-electron chi connectivity index (χ3n) is 3.76. The molecule has 4 amide bonds. The van der Waals surface area contributed by atoms with E-state index in [1.165, 1.54) is 10.9 Å². The first-order chi connectivity index (χ1) is 12.3. The zero-order chi connectivity index (χ0) is 18.8. The van der Waals surface area contributed by atoms with E-state index in [0.717, 1.165) is 4.90 Å². The molecule has 11 heteroatoms. The number of aromatic nitrogens is 3. The van der Waals surface area contributed by atoms with Crippen LogP contribution in [-0.4, -0.2) is 43.8 Å². The number of primary amides is 1. The highest BCUT2D eigenvalue weighted by molar-refractivity contribution is 6.33. The van der Waals surface area contributed by atoms with Crippen LogP contribution in [0.15, 0.2) is 24.4 Å². The van der Waals surface area contributed by atoms with Crippen molar-refractivity contribution in [3.63, 3.8) is 0 Å². The molecule has 0 spiro atoms. The van der Waals surface area contributed by atoms with Gasteiger partial charge in [-0.15, -0.1) is 5.10 Å². The predicted molar refractivity (Wildman–Crippen MR) is 92.3 cm³/mol. The van der Waals surface area contributed by atoms with Gasteiger partial charge in [-0.1, -0.05) is 28.4 Å². The fourth-order valence-electron chi connectivity index (χ4n) is 2.58. The van der Waals surface area contributed by atoms with Crippen LogP contribution in [0.2, 0.25) is 10.0 Å². The van der Waals surface area contributed by atoms with Gasteiger partial charge >= 0.3 is 6.03 Å². The number of nitrogens with zero attached hydrogens (tertiary/aromatic N) is 4. The molecule has 1 aromatic heterocycles. The summed E-state index contributed by atoms with van der Waals surface area (Å²) < 4.78 is 1.27. The van der Waals surface area contributed by atoms with Crippen LogP contribution in [0.1, 0.15) is 11.3 Å². The summed E-state index contributed by atoms with van der Waals surface area (Å²) in [5, 5.41) is 11.1. The molecule has 1 aliphatic rings. The predicted octanol–water partition coefficient (Wildman–Crippen LogP) is 0.733. The minimum Gasteiger partial charge on any atom is -0.368 e. The minimum absolute atomic E-state index is 0.00886. The first-order valence-corrected chi connectivity index (χ1v) is 8.32. The number of urea groups is 1. The summed E-state index contributed by atoms with van der Waals surface area (Å²) >= 11 is 12.0. The number of halogens is 2. The van der Waals surface area contributed by atoms with Crippen LogP contribution in [-0.2, 0) is 29.1 Å². The van der Waals surface area contributed by atoms with E-state index in [2.05, 4.69) is 15.6 Å². The van der Waals surface area contributed by atoms with Crippen LogP contribution in [0.25, 0.3) is 0 Å². The van der Waals surface area contributed by atoms with Gasteiger partial charge in [0.15, 0.2) is 0 Å². The maximum absolute atomic E-state index is 12.5. The van der Waals surface area contributed by atoms with Crippen molar-refractivity contribution in [1.82, 2.24) is 25.2 Å². The topological polar surface area (TPSA) is 123 Å². The Hall–Kier alpha value is -2.65. The van der Waals surface area contributed by atoms with Crippen LogP contribution in [0, 0.1) is 0 Å². The Bertz CT molecular complexity index is 884. The minimum atomic E-state index is -0.779. The summed E-state index contributed by atoms with van der Waals surface area (Å²) in [5.74, 6) is -0.966. The molecule has 1 fully saturated rings. The van der Waals surface area contributed by atoms with Gasteiger partial charge in [-0.2, -0.15) is 0 Å². The Morgan fingerprint density at radius 1 is 1.31 bits per heavy atom. The largest absolute Gasteiger partial charge is 0.368 e. The van der Waals surface area contributed by atoms with Gasteiger partial charge in [0.05, 0.1) is 12.2 Å². The van der Waals surface area contributed by atoms with Crippen molar-refractivity contribution < 1.29 is 14.4 Å². The standard InChI is InChI=1S/C15H14Cl2N6O3/c16-9-1-2-11(17)8(3-9)5-23-14(25)12(19-15(23)26)4-10-6-22(21-20-10)7-13(18)24/h1-3,6,12H,4-5,7H2,(H2,18,24)(H,19,26)/t12-/m1/s1. The first kappa shape index (κ1) is 18.2. The van der Waals surface area contributed by atoms with Crippen molar-refractivity contribution in [3.05, 3.63) is 45.7 Å². The Balaban J connectivity index is 1.69. The van der Waals surface area contributed by atoms with Crippen LogP contribution in [0.5, 0.6) is 0 Å². The van der Waals surface area contributed by atoms with Crippen LogP contribution >= 0.6 is 23.2 Å². The fourth-order valence-corrected chi connectivity index (χ4v) is 2.95. The van der Waals surface area contributed by atoms with Crippen LogP contribution in [0.4, 0.5) is 4.79 Å². The average Bonchev–Trinajstić information content (AvgIpc) is 3.10. The summed E-state index contributed by atoms with van der Waals surface area (Å²) in [6, 6.07) is 3.52. The highest BCUT2D eigenvalue weighted by Gasteiger charge is 2.38. The van der Waals surface area contributed by atoms with Gasteiger partial charge in [-0.25, -0.2) is 9.48 Å². The number of hydrogen-bond donors (Lipinski definition) is 2. The van der Waals surface area contributed by atoms with E-state index < -0.39 is 23.9 Å². The van der Waals surface area contributed by atoms with Crippen molar-refractivity contribution >= 4 is 41.0 Å². The lowest BCUT2D eigenvalue weighted by Gasteiger charge is -2.14. The SMILES string of the molecule is NC(=O)Cn1cc(C[C@H]2NC(=O)N(Cc3cc(Cl)ccc3Cl)C2=O)nn1. The molecule has 2 heterocycles.